The number of halogens is 1. The number of aromatic nitrogens is 4. The maximum atomic E-state index is 13.1. The van der Waals surface area contributed by atoms with Crippen LogP contribution in [0.5, 0.6) is 0 Å². The van der Waals surface area contributed by atoms with Crippen molar-refractivity contribution in [1.82, 2.24) is 25.1 Å². The molecule has 0 unspecified atom stereocenters. The van der Waals surface area contributed by atoms with Crippen LogP contribution in [0.1, 0.15) is 5.56 Å². The van der Waals surface area contributed by atoms with Crippen LogP contribution in [-0.4, -0.2) is 57.8 Å². The minimum Gasteiger partial charge on any atom is -0.353 e. The average Bonchev–Trinajstić information content (AvgIpc) is 3.33. The Morgan fingerprint density at radius 1 is 0.933 bits per heavy atom. The molecule has 1 saturated heterocycles. The molecule has 5 rings (SSSR count). The van der Waals surface area contributed by atoms with Gasteiger partial charge in [0.15, 0.2) is 0 Å². The van der Waals surface area contributed by atoms with Crippen molar-refractivity contribution >= 4 is 16.7 Å². The van der Waals surface area contributed by atoms with Gasteiger partial charge in [0.2, 0.25) is 0 Å². The summed E-state index contributed by atoms with van der Waals surface area (Å²) < 4.78 is 13.1. The Morgan fingerprint density at radius 2 is 1.77 bits per heavy atom. The lowest BCUT2D eigenvalue weighted by Crippen LogP contribution is -2.47. The van der Waals surface area contributed by atoms with Crippen LogP contribution in [0, 0.1) is 5.82 Å². The fourth-order valence-corrected chi connectivity index (χ4v) is 4.00. The van der Waals surface area contributed by atoms with E-state index in [2.05, 4.69) is 42.1 Å². The number of aromatic amines is 1. The van der Waals surface area contributed by atoms with E-state index in [9.17, 15) is 4.39 Å². The summed E-state index contributed by atoms with van der Waals surface area (Å²) in [6, 6.07) is 13.1. The number of H-pyrrole nitrogens is 1. The van der Waals surface area contributed by atoms with Crippen molar-refractivity contribution in [3.63, 3.8) is 0 Å². The molecule has 0 bridgehead atoms. The van der Waals surface area contributed by atoms with Gasteiger partial charge in [-0.2, -0.15) is 5.10 Å². The highest BCUT2D eigenvalue weighted by Crippen LogP contribution is 2.28. The van der Waals surface area contributed by atoms with Crippen molar-refractivity contribution in [1.29, 1.82) is 0 Å². The molecular weight excluding hydrogens is 379 g/mol. The Morgan fingerprint density at radius 3 is 2.53 bits per heavy atom. The normalized spacial score (nSPS) is 15.0. The first-order valence-corrected chi connectivity index (χ1v) is 10.2. The Hall–Kier alpha value is -3.32. The summed E-state index contributed by atoms with van der Waals surface area (Å²) in [7, 11) is 0. The molecule has 152 valence electrons. The SMILES string of the molecule is Fc1ccc(CCN2CCN(c3ncnc4ccc(-c5cn[nH]c5)cc34)CC2)cc1. The van der Waals surface area contributed by atoms with Gasteiger partial charge >= 0.3 is 0 Å². The molecule has 0 amide bonds. The van der Waals surface area contributed by atoms with Crippen LogP contribution in [-0.2, 0) is 6.42 Å². The van der Waals surface area contributed by atoms with E-state index in [0.29, 0.717) is 0 Å². The third-order valence-corrected chi connectivity index (χ3v) is 5.75. The van der Waals surface area contributed by atoms with E-state index in [1.807, 2.05) is 30.6 Å². The molecular formula is C23H23FN6. The van der Waals surface area contributed by atoms with Gasteiger partial charge in [0.25, 0.3) is 0 Å². The van der Waals surface area contributed by atoms with E-state index in [4.69, 9.17) is 0 Å². The second-order valence-corrected chi connectivity index (χ2v) is 7.62. The second-order valence-electron chi connectivity index (χ2n) is 7.62. The number of fused-ring (bicyclic) bond motifs is 1. The fraction of sp³-hybridized carbons (Fsp3) is 0.261. The summed E-state index contributed by atoms with van der Waals surface area (Å²) in [4.78, 5) is 13.9. The molecule has 4 aromatic rings. The lowest BCUT2D eigenvalue weighted by molar-refractivity contribution is 0.260. The summed E-state index contributed by atoms with van der Waals surface area (Å²) in [5.41, 5.74) is 4.28. The van der Waals surface area contributed by atoms with E-state index < -0.39 is 0 Å². The summed E-state index contributed by atoms with van der Waals surface area (Å²) in [6.07, 6.45) is 6.30. The van der Waals surface area contributed by atoms with Crippen molar-refractivity contribution in [2.24, 2.45) is 0 Å². The summed E-state index contributed by atoms with van der Waals surface area (Å²) in [6.45, 7) is 4.79. The number of piperazine rings is 1. The molecule has 1 aliphatic rings. The van der Waals surface area contributed by atoms with Crippen LogP contribution in [0.3, 0.4) is 0 Å². The predicted octanol–water partition coefficient (Wildman–Crippen LogP) is 3.52. The topological polar surface area (TPSA) is 60.9 Å². The van der Waals surface area contributed by atoms with Crippen molar-refractivity contribution in [3.05, 3.63) is 72.6 Å². The van der Waals surface area contributed by atoms with Crippen LogP contribution >= 0.6 is 0 Å². The minimum absolute atomic E-state index is 0.180. The molecule has 7 heteroatoms. The third-order valence-electron chi connectivity index (χ3n) is 5.75. The molecule has 3 heterocycles. The second kappa shape index (κ2) is 8.20. The van der Waals surface area contributed by atoms with Crippen molar-refractivity contribution < 1.29 is 4.39 Å². The van der Waals surface area contributed by atoms with Crippen LogP contribution < -0.4 is 4.90 Å². The van der Waals surface area contributed by atoms with Crippen LogP contribution in [0.25, 0.3) is 22.0 Å². The van der Waals surface area contributed by atoms with Crippen LogP contribution in [0.4, 0.5) is 10.2 Å². The minimum atomic E-state index is -0.180. The van der Waals surface area contributed by atoms with Crippen LogP contribution in [0.15, 0.2) is 61.2 Å². The van der Waals surface area contributed by atoms with Gasteiger partial charge in [0.1, 0.15) is 18.0 Å². The van der Waals surface area contributed by atoms with Gasteiger partial charge in [-0.25, -0.2) is 14.4 Å². The lowest BCUT2D eigenvalue weighted by Gasteiger charge is -2.35. The standard InChI is InChI=1S/C23H23FN6/c24-20-4-1-17(2-5-20)7-8-29-9-11-30(12-10-29)23-21-13-18(19-14-27-28-15-19)3-6-22(21)25-16-26-23/h1-6,13-16H,7-12H2,(H,27,28). The number of hydrogen-bond acceptors (Lipinski definition) is 5. The van der Waals surface area contributed by atoms with Gasteiger partial charge in [-0.15, -0.1) is 0 Å². The zero-order valence-corrected chi connectivity index (χ0v) is 16.6. The molecule has 1 aliphatic heterocycles. The van der Waals surface area contributed by atoms with Gasteiger partial charge in [-0.3, -0.25) is 10.00 Å². The Bertz CT molecular complexity index is 1120. The van der Waals surface area contributed by atoms with E-state index in [1.165, 1.54) is 17.7 Å². The Labute approximate surface area is 174 Å². The largest absolute Gasteiger partial charge is 0.353 e. The van der Waals surface area contributed by atoms with Gasteiger partial charge < -0.3 is 4.90 Å². The lowest BCUT2D eigenvalue weighted by atomic mass is 10.1. The first kappa shape index (κ1) is 18.7. The molecule has 0 aliphatic carbocycles. The van der Waals surface area contributed by atoms with E-state index in [0.717, 1.165) is 67.0 Å². The number of hydrogen-bond donors (Lipinski definition) is 1. The molecule has 0 atom stereocenters. The summed E-state index contributed by atoms with van der Waals surface area (Å²) in [5, 5.41) is 7.99. The van der Waals surface area contributed by atoms with Crippen molar-refractivity contribution in [2.75, 3.05) is 37.6 Å². The average molecular weight is 402 g/mol. The quantitative estimate of drug-likeness (QED) is 0.553. The number of nitrogens with one attached hydrogen (secondary N) is 1. The highest BCUT2D eigenvalue weighted by molar-refractivity contribution is 5.92. The number of rotatable bonds is 5. The molecule has 0 spiro atoms. The number of nitrogens with zero attached hydrogens (tertiary/aromatic N) is 5. The predicted molar refractivity (Wildman–Crippen MR) is 116 cm³/mol. The molecule has 0 saturated carbocycles. The molecule has 0 radical (unpaired) electrons. The molecule has 6 nitrogen and oxygen atoms in total. The number of anilines is 1. The highest BCUT2D eigenvalue weighted by Gasteiger charge is 2.20. The molecule has 1 fully saturated rings. The van der Waals surface area contributed by atoms with Gasteiger partial charge in [-0.05, 0) is 41.8 Å². The van der Waals surface area contributed by atoms with Crippen molar-refractivity contribution in [2.45, 2.75) is 6.42 Å². The highest BCUT2D eigenvalue weighted by atomic mass is 19.1. The first-order chi connectivity index (χ1) is 14.8. The Kier molecular flexibility index (Phi) is 5.11. The van der Waals surface area contributed by atoms with Gasteiger partial charge in [0, 0.05) is 49.9 Å². The van der Waals surface area contributed by atoms with Crippen molar-refractivity contribution in [3.8, 4) is 11.1 Å². The molecule has 2 aromatic carbocycles. The monoisotopic (exact) mass is 402 g/mol. The summed E-state index contributed by atoms with van der Waals surface area (Å²) in [5.74, 6) is 0.809. The molecule has 1 N–H and O–H groups in total. The molecule has 2 aromatic heterocycles. The van der Waals surface area contributed by atoms with E-state index in [-0.39, 0.29) is 5.82 Å². The first-order valence-electron chi connectivity index (χ1n) is 10.2. The maximum Gasteiger partial charge on any atom is 0.139 e. The zero-order chi connectivity index (χ0) is 20.3. The van der Waals surface area contributed by atoms with E-state index in [1.54, 1.807) is 6.33 Å². The van der Waals surface area contributed by atoms with Gasteiger partial charge in [0.05, 0.1) is 11.7 Å². The summed E-state index contributed by atoms with van der Waals surface area (Å²) >= 11 is 0. The van der Waals surface area contributed by atoms with E-state index >= 15 is 0 Å². The van der Waals surface area contributed by atoms with Crippen LogP contribution in [0.2, 0.25) is 0 Å². The zero-order valence-electron chi connectivity index (χ0n) is 16.6. The smallest absolute Gasteiger partial charge is 0.139 e. The van der Waals surface area contributed by atoms with Gasteiger partial charge in [-0.1, -0.05) is 18.2 Å². The fourth-order valence-electron chi connectivity index (χ4n) is 4.00. The maximum absolute atomic E-state index is 13.1. The Balaban J connectivity index is 1.28. The molecule has 30 heavy (non-hydrogen) atoms. The number of benzene rings is 2. The third kappa shape index (κ3) is 3.89.